The van der Waals surface area contributed by atoms with E-state index in [4.69, 9.17) is 0 Å². The van der Waals surface area contributed by atoms with Crippen LogP contribution in [0.15, 0.2) is 59.8 Å². The number of benzene rings is 2. The molecule has 154 valence electrons. The zero-order valence-electron chi connectivity index (χ0n) is 17.4. The van der Waals surface area contributed by atoms with Crippen molar-refractivity contribution in [2.75, 3.05) is 5.75 Å². The van der Waals surface area contributed by atoms with Gasteiger partial charge >= 0.3 is 0 Å². The summed E-state index contributed by atoms with van der Waals surface area (Å²) in [6.45, 7) is 7.47. The second-order valence-corrected chi connectivity index (χ2v) is 8.15. The van der Waals surface area contributed by atoms with Crippen LogP contribution in [0.4, 0.5) is 0 Å². The van der Waals surface area contributed by atoms with Crippen LogP contribution < -0.4 is 5.32 Å². The summed E-state index contributed by atoms with van der Waals surface area (Å²) in [5.41, 5.74) is 4.50. The monoisotopic (exact) mass is 419 g/mol. The van der Waals surface area contributed by atoms with E-state index in [1.165, 1.54) is 28.2 Å². The summed E-state index contributed by atoms with van der Waals surface area (Å²) in [7, 11) is 0. The molecule has 0 atom stereocenters. The Labute approximate surface area is 180 Å². The van der Waals surface area contributed by atoms with Crippen molar-refractivity contribution in [1.82, 2.24) is 24.6 Å². The molecule has 0 saturated carbocycles. The molecule has 0 unspecified atom stereocenters. The molecule has 0 aliphatic heterocycles. The number of aryl methyl sites for hydroxylation is 3. The highest BCUT2D eigenvalue weighted by Gasteiger charge is 2.14. The summed E-state index contributed by atoms with van der Waals surface area (Å²) in [6.07, 6.45) is 0. The smallest absolute Gasteiger partial charge is 0.230 e. The first-order valence-corrected chi connectivity index (χ1v) is 11.0. The maximum absolute atomic E-state index is 12.5. The SMILES string of the molecule is CCn1c(CNC(=O)CSc2nnc(C)n2-c2ccc(C)cc2)cc2ccccc21. The number of rotatable bonds is 7. The van der Waals surface area contributed by atoms with Crippen molar-refractivity contribution < 1.29 is 4.79 Å². The van der Waals surface area contributed by atoms with Gasteiger partial charge in [0.05, 0.1) is 12.3 Å². The van der Waals surface area contributed by atoms with Crippen LogP contribution in [0.1, 0.15) is 24.0 Å². The Morgan fingerprint density at radius 2 is 1.83 bits per heavy atom. The molecule has 1 amide bonds. The molecule has 2 aromatic carbocycles. The summed E-state index contributed by atoms with van der Waals surface area (Å²) in [4.78, 5) is 12.5. The predicted octanol–water partition coefficient (Wildman–Crippen LogP) is 4.27. The van der Waals surface area contributed by atoms with Crippen LogP contribution in [0.2, 0.25) is 0 Å². The predicted molar refractivity (Wildman–Crippen MR) is 121 cm³/mol. The largest absolute Gasteiger partial charge is 0.350 e. The van der Waals surface area contributed by atoms with Crippen LogP contribution in [0.5, 0.6) is 0 Å². The minimum Gasteiger partial charge on any atom is -0.350 e. The van der Waals surface area contributed by atoms with Crippen molar-refractivity contribution in [1.29, 1.82) is 0 Å². The normalized spacial score (nSPS) is 11.2. The fraction of sp³-hybridized carbons (Fsp3) is 0.261. The molecule has 0 aliphatic rings. The molecule has 0 radical (unpaired) electrons. The van der Waals surface area contributed by atoms with Gasteiger partial charge in [0.25, 0.3) is 0 Å². The van der Waals surface area contributed by atoms with Gasteiger partial charge in [0.15, 0.2) is 5.16 Å². The molecule has 0 saturated heterocycles. The van der Waals surface area contributed by atoms with E-state index in [1.54, 1.807) is 0 Å². The van der Waals surface area contributed by atoms with Crippen molar-refractivity contribution in [3.8, 4) is 5.69 Å². The van der Waals surface area contributed by atoms with E-state index in [1.807, 2.05) is 35.8 Å². The zero-order valence-corrected chi connectivity index (χ0v) is 18.2. The van der Waals surface area contributed by atoms with Gasteiger partial charge < -0.3 is 9.88 Å². The zero-order chi connectivity index (χ0) is 21.1. The number of amides is 1. The van der Waals surface area contributed by atoms with Gasteiger partial charge in [-0.25, -0.2) is 0 Å². The van der Waals surface area contributed by atoms with Crippen LogP contribution in [-0.2, 0) is 17.9 Å². The molecule has 6 nitrogen and oxygen atoms in total. The van der Waals surface area contributed by atoms with Crippen molar-refractivity contribution >= 4 is 28.6 Å². The fourth-order valence-electron chi connectivity index (χ4n) is 3.59. The lowest BCUT2D eigenvalue weighted by molar-refractivity contribution is -0.118. The Morgan fingerprint density at radius 1 is 1.07 bits per heavy atom. The number of thioether (sulfide) groups is 1. The average Bonchev–Trinajstić information content (AvgIpc) is 3.31. The van der Waals surface area contributed by atoms with Crippen LogP contribution in [0, 0.1) is 13.8 Å². The number of aromatic nitrogens is 4. The van der Waals surface area contributed by atoms with Gasteiger partial charge in [0.2, 0.25) is 5.91 Å². The molecule has 2 heterocycles. The summed E-state index contributed by atoms with van der Waals surface area (Å²) >= 11 is 1.40. The fourth-order valence-corrected chi connectivity index (χ4v) is 4.41. The Bertz CT molecular complexity index is 1180. The first-order valence-electron chi connectivity index (χ1n) is 10.0. The van der Waals surface area contributed by atoms with Crippen molar-refractivity contribution in [2.45, 2.75) is 39.0 Å². The molecule has 1 N–H and O–H groups in total. The van der Waals surface area contributed by atoms with Gasteiger partial charge in [-0.15, -0.1) is 10.2 Å². The number of para-hydroxylation sites is 1. The van der Waals surface area contributed by atoms with Gasteiger partial charge in [0, 0.05) is 23.4 Å². The van der Waals surface area contributed by atoms with Gasteiger partial charge in [-0.3, -0.25) is 9.36 Å². The molecule has 0 aliphatic carbocycles. The number of fused-ring (bicyclic) bond motifs is 1. The standard InChI is InChI=1S/C23H25N5OS/c1-4-27-20(13-18-7-5-6-8-21(18)27)14-24-22(29)15-30-23-26-25-17(3)28(23)19-11-9-16(2)10-12-19/h5-13H,4,14-15H2,1-3H3,(H,24,29). The third-order valence-electron chi connectivity index (χ3n) is 5.10. The van der Waals surface area contributed by atoms with Crippen LogP contribution in [-0.4, -0.2) is 31.0 Å². The van der Waals surface area contributed by atoms with E-state index in [2.05, 4.69) is 64.3 Å². The van der Waals surface area contributed by atoms with E-state index in [9.17, 15) is 4.79 Å². The van der Waals surface area contributed by atoms with Crippen molar-refractivity contribution in [3.05, 3.63) is 71.7 Å². The van der Waals surface area contributed by atoms with Gasteiger partial charge in [0.1, 0.15) is 5.82 Å². The number of carbonyl (C=O) groups excluding carboxylic acids is 1. The molecule has 2 aromatic heterocycles. The lowest BCUT2D eigenvalue weighted by Crippen LogP contribution is -2.26. The van der Waals surface area contributed by atoms with Crippen LogP contribution in [0.3, 0.4) is 0 Å². The molecular weight excluding hydrogens is 394 g/mol. The molecule has 0 fully saturated rings. The summed E-state index contributed by atoms with van der Waals surface area (Å²) in [5, 5.41) is 13.4. The van der Waals surface area contributed by atoms with Gasteiger partial charge in [-0.1, -0.05) is 47.7 Å². The third-order valence-corrected chi connectivity index (χ3v) is 6.03. The topological polar surface area (TPSA) is 64.7 Å². The minimum absolute atomic E-state index is 0.0241. The summed E-state index contributed by atoms with van der Waals surface area (Å²) in [5.74, 6) is 1.06. The minimum atomic E-state index is -0.0241. The number of hydrogen-bond donors (Lipinski definition) is 1. The molecule has 0 bridgehead atoms. The number of nitrogens with one attached hydrogen (secondary N) is 1. The Kier molecular flexibility index (Phi) is 5.90. The Balaban J connectivity index is 1.41. The van der Waals surface area contributed by atoms with Crippen molar-refractivity contribution in [3.63, 3.8) is 0 Å². The molecule has 0 spiro atoms. The molecule has 30 heavy (non-hydrogen) atoms. The molecular formula is C23H25N5OS. The number of carbonyl (C=O) groups is 1. The Morgan fingerprint density at radius 3 is 2.60 bits per heavy atom. The second-order valence-electron chi connectivity index (χ2n) is 7.20. The van der Waals surface area contributed by atoms with E-state index < -0.39 is 0 Å². The Hall–Kier alpha value is -3.06. The molecule has 4 aromatic rings. The van der Waals surface area contributed by atoms with Crippen molar-refractivity contribution in [2.24, 2.45) is 0 Å². The summed E-state index contributed by atoms with van der Waals surface area (Å²) in [6, 6.07) is 18.6. The van der Waals surface area contributed by atoms with Crippen LogP contribution in [0.25, 0.3) is 16.6 Å². The highest BCUT2D eigenvalue weighted by molar-refractivity contribution is 7.99. The van der Waals surface area contributed by atoms with Crippen LogP contribution >= 0.6 is 11.8 Å². The lowest BCUT2D eigenvalue weighted by atomic mass is 10.2. The quantitative estimate of drug-likeness (QED) is 0.455. The maximum Gasteiger partial charge on any atom is 0.230 e. The second kappa shape index (κ2) is 8.75. The van der Waals surface area contributed by atoms with Gasteiger partial charge in [-0.05, 0) is 50.4 Å². The highest BCUT2D eigenvalue weighted by Crippen LogP contribution is 2.22. The third kappa shape index (κ3) is 4.11. The van der Waals surface area contributed by atoms with E-state index in [0.717, 1.165) is 23.8 Å². The number of nitrogens with zero attached hydrogens (tertiary/aromatic N) is 4. The van der Waals surface area contributed by atoms with E-state index >= 15 is 0 Å². The van der Waals surface area contributed by atoms with E-state index in [0.29, 0.717) is 11.7 Å². The lowest BCUT2D eigenvalue weighted by Gasteiger charge is -2.10. The number of hydrogen-bond acceptors (Lipinski definition) is 4. The highest BCUT2D eigenvalue weighted by atomic mass is 32.2. The molecule has 7 heteroatoms. The van der Waals surface area contributed by atoms with E-state index in [-0.39, 0.29) is 11.7 Å². The van der Waals surface area contributed by atoms with Gasteiger partial charge in [-0.2, -0.15) is 0 Å². The molecule has 4 rings (SSSR count). The first-order chi connectivity index (χ1) is 14.6. The average molecular weight is 420 g/mol. The maximum atomic E-state index is 12.5. The first kappa shape index (κ1) is 20.2. The summed E-state index contributed by atoms with van der Waals surface area (Å²) < 4.78 is 4.21.